The normalized spacial score (nSPS) is 18.1. The average Bonchev–Trinajstić information content (AvgIpc) is 3.50. The molecule has 50 heavy (non-hydrogen) atoms. The number of ether oxygens (including phenoxy) is 4. The zero-order valence-electron chi connectivity index (χ0n) is 26.5. The molecule has 1 N–H and O–H groups in total. The maximum Gasteiger partial charge on any atom is 0.351 e. The predicted octanol–water partition coefficient (Wildman–Crippen LogP) is 4.95. The summed E-state index contributed by atoms with van der Waals surface area (Å²) < 4.78 is 24.7. The Labute approximate surface area is 286 Å². The third kappa shape index (κ3) is 8.00. The third-order valence-electron chi connectivity index (χ3n) is 7.91. The van der Waals surface area contributed by atoms with E-state index < -0.39 is 53.9 Å². The van der Waals surface area contributed by atoms with Crippen LogP contribution in [0.1, 0.15) is 47.7 Å². The highest BCUT2D eigenvalue weighted by Gasteiger charge is 2.49. The topological polar surface area (TPSA) is 152 Å². The number of carbonyl (C=O) groups is 4. The van der Waals surface area contributed by atoms with Crippen LogP contribution >= 0.6 is 0 Å². The predicted molar refractivity (Wildman–Crippen MR) is 179 cm³/mol. The standard InChI is InChI=1S/C38H31N3O9/c42-33(25-13-5-1-6-14-25)39-31-21-22-41(38(46)40-31)34-29(23-47-35(43)26-15-7-2-8-16-26)32(50-37(45)28-19-11-4-12-20-28)30(49-34)24-48-36(44)27-17-9-3-10-18-27/h1-22,29-30,32,34H,23-24H2,(H,39,40,42,46)/t29-,30-,32+,34-/m1/s1. The van der Waals surface area contributed by atoms with Crippen LogP contribution in [0.2, 0.25) is 0 Å². The summed E-state index contributed by atoms with van der Waals surface area (Å²) in [6.45, 7) is -0.722. The van der Waals surface area contributed by atoms with Gasteiger partial charge in [-0.15, -0.1) is 0 Å². The van der Waals surface area contributed by atoms with Crippen molar-refractivity contribution in [1.82, 2.24) is 9.55 Å². The molecule has 0 radical (unpaired) electrons. The Kier molecular flexibility index (Phi) is 10.5. The minimum atomic E-state index is -1.20. The molecule has 1 aliphatic heterocycles. The summed E-state index contributed by atoms with van der Waals surface area (Å²) >= 11 is 0. The molecule has 4 atom stereocenters. The van der Waals surface area contributed by atoms with Crippen molar-refractivity contribution in [3.63, 3.8) is 0 Å². The molecule has 1 amide bonds. The van der Waals surface area contributed by atoms with Crippen LogP contribution in [0.25, 0.3) is 0 Å². The fourth-order valence-electron chi connectivity index (χ4n) is 5.41. The fraction of sp³-hybridized carbons (Fsp3) is 0.158. The Morgan fingerprint density at radius 2 is 1.12 bits per heavy atom. The first kappa shape index (κ1) is 33.5. The smallest absolute Gasteiger partial charge is 0.351 e. The number of carbonyl (C=O) groups excluding carboxylic acids is 4. The Morgan fingerprint density at radius 3 is 1.64 bits per heavy atom. The van der Waals surface area contributed by atoms with Crippen LogP contribution in [-0.4, -0.2) is 58.8 Å². The number of hydrogen-bond acceptors (Lipinski definition) is 10. The first-order chi connectivity index (χ1) is 24.4. The highest BCUT2D eigenvalue weighted by molar-refractivity contribution is 6.03. The largest absolute Gasteiger partial charge is 0.461 e. The van der Waals surface area contributed by atoms with Crippen LogP contribution in [0, 0.1) is 5.92 Å². The molecule has 1 aromatic heterocycles. The van der Waals surface area contributed by atoms with Gasteiger partial charge in [0, 0.05) is 11.8 Å². The fourth-order valence-corrected chi connectivity index (χ4v) is 5.41. The van der Waals surface area contributed by atoms with Gasteiger partial charge in [-0.3, -0.25) is 9.36 Å². The summed E-state index contributed by atoms with van der Waals surface area (Å²) in [5.74, 6) is -3.45. The van der Waals surface area contributed by atoms with E-state index in [4.69, 9.17) is 18.9 Å². The van der Waals surface area contributed by atoms with Gasteiger partial charge in [0.05, 0.1) is 22.6 Å². The van der Waals surface area contributed by atoms with Crippen LogP contribution in [0.15, 0.2) is 138 Å². The molecule has 0 bridgehead atoms. The molecule has 0 aliphatic carbocycles. The van der Waals surface area contributed by atoms with E-state index >= 15 is 0 Å². The molecule has 0 unspecified atom stereocenters. The third-order valence-corrected chi connectivity index (χ3v) is 7.91. The molecule has 12 heteroatoms. The summed E-state index contributed by atoms with van der Waals surface area (Å²) in [5.41, 5.74) is 0.380. The number of nitrogens with one attached hydrogen (secondary N) is 1. The van der Waals surface area contributed by atoms with Crippen molar-refractivity contribution in [1.29, 1.82) is 0 Å². The van der Waals surface area contributed by atoms with Gasteiger partial charge in [0.25, 0.3) is 5.91 Å². The summed E-state index contributed by atoms with van der Waals surface area (Å²) in [4.78, 5) is 69.5. The average molecular weight is 674 g/mol. The summed E-state index contributed by atoms with van der Waals surface area (Å²) in [7, 11) is 0. The lowest BCUT2D eigenvalue weighted by atomic mass is 10.00. The van der Waals surface area contributed by atoms with Crippen molar-refractivity contribution >= 4 is 29.6 Å². The number of nitrogens with zero attached hydrogens (tertiary/aromatic N) is 2. The minimum absolute atomic E-state index is 0.00875. The first-order valence-corrected chi connectivity index (χ1v) is 15.7. The molecular weight excluding hydrogens is 642 g/mol. The lowest BCUT2D eigenvalue weighted by molar-refractivity contribution is -0.0595. The van der Waals surface area contributed by atoms with Gasteiger partial charge in [-0.25, -0.2) is 19.2 Å². The maximum atomic E-state index is 13.5. The van der Waals surface area contributed by atoms with E-state index in [9.17, 15) is 24.0 Å². The summed E-state index contributed by atoms with van der Waals surface area (Å²) in [6.07, 6.45) is -2.10. The number of esters is 3. The van der Waals surface area contributed by atoms with Gasteiger partial charge in [0.1, 0.15) is 37.5 Å². The van der Waals surface area contributed by atoms with E-state index in [2.05, 4.69) is 10.3 Å². The van der Waals surface area contributed by atoms with Gasteiger partial charge in [-0.2, -0.15) is 4.98 Å². The van der Waals surface area contributed by atoms with Crippen LogP contribution < -0.4 is 11.0 Å². The minimum Gasteiger partial charge on any atom is -0.461 e. The molecule has 12 nitrogen and oxygen atoms in total. The Morgan fingerprint density at radius 1 is 0.640 bits per heavy atom. The second-order valence-electron chi connectivity index (χ2n) is 11.2. The second-order valence-corrected chi connectivity index (χ2v) is 11.2. The van der Waals surface area contributed by atoms with Crippen LogP contribution in [0.4, 0.5) is 5.82 Å². The molecule has 0 spiro atoms. The van der Waals surface area contributed by atoms with Crippen molar-refractivity contribution in [3.05, 3.63) is 166 Å². The van der Waals surface area contributed by atoms with Crippen molar-refractivity contribution in [2.75, 3.05) is 18.5 Å². The Bertz CT molecular complexity index is 2010. The van der Waals surface area contributed by atoms with Crippen molar-refractivity contribution < 1.29 is 38.1 Å². The van der Waals surface area contributed by atoms with Crippen LogP contribution in [-0.2, 0) is 18.9 Å². The molecule has 6 rings (SSSR count). The zero-order valence-corrected chi connectivity index (χ0v) is 26.5. The second kappa shape index (κ2) is 15.7. The molecular formula is C38H31N3O9. The Balaban J connectivity index is 1.31. The molecule has 1 fully saturated rings. The van der Waals surface area contributed by atoms with Gasteiger partial charge in [-0.05, 0) is 54.6 Å². The highest BCUT2D eigenvalue weighted by Crippen LogP contribution is 2.37. The maximum absolute atomic E-state index is 13.5. The molecule has 252 valence electrons. The van der Waals surface area contributed by atoms with E-state index in [0.717, 1.165) is 4.57 Å². The van der Waals surface area contributed by atoms with Crippen molar-refractivity contribution in [2.24, 2.45) is 5.92 Å². The van der Waals surface area contributed by atoms with Crippen molar-refractivity contribution in [3.8, 4) is 0 Å². The van der Waals surface area contributed by atoms with Gasteiger partial charge >= 0.3 is 23.6 Å². The number of anilines is 1. The van der Waals surface area contributed by atoms with E-state index in [1.807, 2.05) is 0 Å². The number of aromatic nitrogens is 2. The van der Waals surface area contributed by atoms with Crippen LogP contribution in [0.5, 0.6) is 0 Å². The quantitative estimate of drug-likeness (QED) is 0.151. The van der Waals surface area contributed by atoms with Gasteiger partial charge in [0.2, 0.25) is 0 Å². The molecule has 0 saturated carbocycles. The van der Waals surface area contributed by atoms with Gasteiger partial charge in [0.15, 0.2) is 0 Å². The van der Waals surface area contributed by atoms with Gasteiger partial charge in [-0.1, -0.05) is 72.8 Å². The van der Waals surface area contributed by atoms with E-state index in [-0.39, 0.29) is 30.2 Å². The number of benzene rings is 4. The molecule has 1 saturated heterocycles. The molecule has 4 aromatic carbocycles. The molecule has 2 heterocycles. The zero-order chi connectivity index (χ0) is 34.9. The monoisotopic (exact) mass is 673 g/mol. The first-order valence-electron chi connectivity index (χ1n) is 15.7. The molecule has 1 aliphatic rings. The highest BCUT2D eigenvalue weighted by atomic mass is 16.6. The SMILES string of the molecule is O=C(Nc1ccn([C@@H]2O[C@H](COC(=O)c3ccccc3)[C@@H](OC(=O)c3ccccc3)[C@H]2COC(=O)c2ccccc2)c(=O)n1)c1ccccc1. The van der Waals surface area contributed by atoms with E-state index in [0.29, 0.717) is 11.1 Å². The number of rotatable bonds is 11. The van der Waals surface area contributed by atoms with Gasteiger partial charge < -0.3 is 24.3 Å². The lowest BCUT2D eigenvalue weighted by Crippen LogP contribution is -2.39. The lowest BCUT2D eigenvalue weighted by Gasteiger charge is -2.24. The van der Waals surface area contributed by atoms with Crippen molar-refractivity contribution in [2.45, 2.75) is 18.4 Å². The number of hydrogen-bond donors (Lipinski definition) is 1. The summed E-state index contributed by atoms with van der Waals surface area (Å²) in [5, 5.41) is 2.60. The number of amides is 1. The summed E-state index contributed by atoms with van der Waals surface area (Å²) in [6, 6.07) is 34.6. The Hall–Kier alpha value is -6.40. The molecule has 5 aromatic rings. The van der Waals surface area contributed by atoms with E-state index in [1.165, 1.54) is 12.3 Å². The van der Waals surface area contributed by atoms with E-state index in [1.54, 1.807) is 121 Å². The van der Waals surface area contributed by atoms with Crippen LogP contribution in [0.3, 0.4) is 0 Å².